The number of aliphatic carboxylic acids is 1. The molecule has 0 spiro atoms. The highest BCUT2D eigenvalue weighted by Gasteiger charge is 2.30. The summed E-state index contributed by atoms with van der Waals surface area (Å²) >= 11 is 1.72. The Labute approximate surface area is 117 Å². The van der Waals surface area contributed by atoms with Crippen LogP contribution < -0.4 is 0 Å². The Morgan fingerprint density at radius 3 is 2.84 bits per heavy atom. The minimum Gasteiger partial charge on any atom is -0.481 e. The van der Waals surface area contributed by atoms with Gasteiger partial charge in [-0.05, 0) is 19.3 Å². The highest BCUT2D eigenvalue weighted by atomic mass is 32.2. The zero-order valence-electron chi connectivity index (χ0n) is 11.0. The first kappa shape index (κ1) is 14.7. The fourth-order valence-electron chi connectivity index (χ4n) is 2.63. The van der Waals surface area contributed by atoms with Crippen molar-refractivity contribution in [2.45, 2.75) is 44.2 Å². The van der Waals surface area contributed by atoms with Gasteiger partial charge in [-0.15, -0.1) is 0 Å². The Balaban J connectivity index is 1.88. The highest BCUT2D eigenvalue weighted by molar-refractivity contribution is 7.99. The van der Waals surface area contributed by atoms with E-state index in [1.54, 1.807) is 16.7 Å². The lowest BCUT2D eigenvalue weighted by molar-refractivity contribution is -0.141. The van der Waals surface area contributed by atoms with Gasteiger partial charge in [-0.25, -0.2) is 0 Å². The van der Waals surface area contributed by atoms with E-state index in [1.165, 1.54) is 0 Å². The van der Waals surface area contributed by atoms with Crippen LogP contribution in [0, 0.1) is 0 Å². The summed E-state index contributed by atoms with van der Waals surface area (Å²) in [5, 5.41) is 8.91. The molecule has 19 heavy (non-hydrogen) atoms. The van der Waals surface area contributed by atoms with Crippen molar-refractivity contribution in [3.8, 4) is 0 Å². The molecule has 2 aliphatic heterocycles. The fraction of sp³-hybridized carbons (Fsp3) is 0.846. The molecule has 0 aliphatic carbocycles. The van der Waals surface area contributed by atoms with E-state index in [-0.39, 0.29) is 24.5 Å². The maximum Gasteiger partial charge on any atom is 0.305 e. The third-order valence-electron chi connectivity index (χ3n) is 3.63. The Kier molecular flexibility index (Phi) is 5.51. The van der Waals surface area contributed by atoms with E-state index in [1.807, 2.05) is 0 Å². The first-order valence-electron chi connectivity index (χ1n) is 6.87. The molecule has 0 radical (unpaired) electrons. The van der Waals surface area contributed by atoms with Crippen LogP contribution in [0.2, 0.25) is 0 Å². The number of hydrogen-bond acceptors (Lipinski definition) is 4. The fourth-order valence-corrected chi connectivity index (χ4v) is 3.70. The molecule has 0 aromatic heterocycles. The van der Waals surface area contributed by atoms with Crippen molar-refractivity contribution in [2.75, 3.05) is 24.7 Å². The molecule has 108 valence electrons. The van der Waals surface area contributed by atoms with Crippen molar-refractivity contribution >= 4 is 23.6 Å². The molecule has 2 atom stereocenters. The molecule has 2 aliphatic rings. The van der Waals surface area contributed by atoms with Crippen LogP contribution in [-0.2, 0) is 14.3 Å². The van der Waals surface area contributed by atoms with Crippen LogP contribution in [0.5, 0.6) is 0 Å². The van der Waals surface area contributed by atoms with Gasteiger partial charge >= 0.3 is 5.97 Å². The molecule has 2 unspecified atom stereocenters. The Morgan fingerprint density at radius 2 is 2.16 bits per heavy atom. The number of ether oxygens (including phenoxy) is 1. The van der Waals surface area contributed by atoms with Crippen LogP contribution in [0.4, 0.5) is 0 Å². The molecule has 2 fully saturated rings. The average molecular weight is 287 g/mol. The second-order valence-corrected chi connectivity index (χ2v) is 6.26. The van der Waals surface area contributed by atoms with Crippen molar-refractivity contribution < 1.29 is 19.4 Å². The van der Waals surface area contributed by atoms with E-state index in [4.69, 9.17) is 9.84 Å². The molecule has 6 heteroatoms. The highest BCUT2D eigenvalue weighted by Crippen LogP contribution is 2.22. The maximum atomic E-state index is 12.3. The Morgan fingerprint density at radius 1 is 1.32 bits per heavy atom. The molecule has 2 rings (SSSR count). The molecule has 0 bridgehead atoms. The van der Waals surface area contributed by atoms with Gasteiger partial charge in [-0.1, -0.05) is 0 Å². The standard InChI is InChI=1S/C13H21NO4S/c15-12(8-11-3-1-2-5-18-11)14-4-6-19-9-10(14)7-13(16)17/h10-11H,1-9H2,(H,16,17). The lowest BCUT2D eigenvalue weighted by atomic mass is 10.0. The SMILES string of the molecule is O=C(O)CC1CSCCN1C(=O)CC1CCCCO1. The van der Waals surface area contributed by atoms with Gasteiger partial charge in [0, 0.05) is 24.7 Å². The van der Waals surface area contributed by atoms with Gasteiger partial charge in [0.15, 0.2) is 0 Å². The predicted molar refractivity (Wildman–Crippen MR) is 73.3 cm³/mol. The minimum absolute atomic E-state index is 0.0290. The quantitative estimate of drug-likeness (QED) is 0.846. The second-order valence-electron chi connectivity index (χ2n) is 5.11. The molecule has 2 saturated heterocycles. The van der Waals surface area contributed by atoms with Crippen LogP contribution in [-0.4, -0.2) is 58.7 Å². The normalized spacial score (nSPS) is 28.1. The first-order valence-corrected chi connectivity index (χ1v) is 8.03. The summed E-state index contributed by atoms with van der Waals surface area (Å²) < 4.78 is 5.59. The van der Waals surface area contributed by atoms with Gasteiger partial charge in [0.2, 0.25) is 5.91 Å². The molecule has 0 saturated carbocycles. The summed E-state index contributed by atoms with van der Waals surface area (Å²) in [6.45, 7) is 1.40. The molecule has 5 nitrogen and oxygen atoms in total. The molecule has 1 N–H and O–H groups in total. The number of thioether (sulfide) groups is 1. The monoisotopic (exact) mass is 287 g/mol. The zero-order valence-corrected chi connectivity index (χ0v) is 11.9. The van der Waals surface area contributed by atoms with Gasteiger partial charge in [0.25, 0.3) is 0 Å². The molecule has 2 heterocycles. The summed E-state index contributed by atoms with van der Waals surface area (Å²) in [5.41, 5.74) is 0. The number of nitrogens with zero attached hydrogens (tertiary/aromatic N) is 1. The lowest BCUT2D eigenvalue weighted by Crippen LogP contribution is -2.48. The number of carboxylic acid groups (broad SMARTS) is 1. The number of rotatable bonds is 4. The minimum atomic E-state index is -0.834. The van der Waals surface area contributed by atoms with Crippen molar-refractivity contribution in [1.29, 1.82) is 0 Å². The van der Waals surface area contributed by atoms with E-state index >= 15 is 0 Å². The number of carbonyl (C=O) groups excluding carboxylic acids is 1. The van der Waals surface area contributed by atoms with Gasteiger partial charge < -0.3 is 14.7 Å². The predicted octanol–water partition coefficient (Wildman–Crippen LogP) is 1.36. The number of hydrogen-bond donors (Lipinski definition) is 1. The number of carbonyl (C=O) groups is 2. The van der Waals surface area contributed by atoms with E-state index in [0.717, 1.165) is 37.4 Å². The Bertz CT molecular complexity index is 331. The van der Waals surface area contributed by atoms with E-state index in [9.17, 15) is 9.59 Å². The van der Waals surface area contributed by atoms with Gasteiger partial charge in [-0.2, -0.15) is 11.8 Å². The molecule has 1 amide bonds. The number of amides is 1. The topological polar surface area (TPSA) is 66.8 Å². The van der Waals surface area contributed by atoms with Crippen LogP contribution in [0.1, 0.15) is 32.1 Å². The molecule has 0 aromatic carbocycles. The van der Waals surface area contributed by atoms with Crippen molar-refractivity contribution in [3.05, 3.63) is 0 Å². The van der Waals surface area contributed by atoms with E-state index in [2.05, 4.69) is 0 Å². The Hall–Kier alpha value is -0.750. The van der Waals surface area contributed by atoms with E-state index < -0.39 is 5.97 Å². The molecule has 0 aromatic rings. The summed E-state index contributed by atoms with van der Waals surface area (Å²) in [6.07, 6.45) is 3.61. The van der Waals surface area contributed by atoms with Gasteiger partial charge in [-0.3, -0.25) is 9.59 Å². The molecular weight excluding hydrogens is 266 g/mol. The summed E-state index contributed by atoms with van der Waals surface area (Å²) in [6, 6.07) is -0.160. The van der Waals surface area contributed by atoms with E-state index in [0.29, 0.717) is 13.0 Å². The second kappa shape index (κ2) is 7.14. The molecular formula is C13H21NO4S. The third kappa shape index (κ3) is 4.38. The number of carboxylic acids is 1. The van der Waals surface area contributed by atoms with Gasteiger partial charge in [0.1, 0.15) is 0 Å². The van der Waals surface area contributed by atoms with Crippen LogP contribution in [0.15, 0.2) is 0 Å². The summed E-state index contributed by atoms with van der Waals surface area (Å²) in [7, 11) is 0. The van der Waals surface area contributed by atoms with Crippen LogP contribution in [0.25, 0.3) is 0 Å². The van der Waals surface area contributed by atoms with Crippen molar-refractivity contribution in [2.24, 2.45) is 0 Å². The average Bonchev–Trinajstić information content (AvgIpc) is 2.39. The smallest absolute Gasteiger partial charge is 0.305 e. The lowest BCUT2D eigenvalue weighted by Gasteiger charge is -2.36. The van der Waals surface area contributed by atoms with Gasteiger partial charge in [0.05, 0.1) is 25.0 Å². The van der Waals surface area contributed by atoms with Crippen molar-refractivity contribution in [3.63, 3.8) is 0 Å². The largest absolute Gasteiger partial charge is 0.481 e. The third-order valence-corrected chi connectivity index (χ3v) is 4.73. The summed E-state index contributed by atoms with van der Waals surface area (Å²) in [5.74, 6) is 0.842. The van der Waals surface area contributed by atoms with Crippen LogP contribution >= 0.6 is 11.8 Å². The van der Waals surface area contributed by atoms with Crippen LogP contribution in [0.3, 0.4) is 0 Å². The summed E-state index contributed by atoms with van der Waals surface area (Å²) in [4.78, 5) is 24.9. The first-order chi connectivity index (χ1) is 9.16. The zero-order chi connectivity index (χ0) is 13.7. The maximum absolute atomic E-state index is 12.3. The van der Waals surface area contributed by atoms with Crippen molar-refractivity contribution in [1.82, 2.24) is 4.90 Å².